The highest BCUT2D eigenvalue weighted by atomic mass is 32.2. The first kappa shape index (κ1) is 8.69. The maximum absolute atomic E-state index is 5.73. The summed E-state index contributed by atoms with van der Waals surface area (Å²) in [4.78, 5) is 5.28. The Hall–Kier alpha value is -0.900. The Morgan fingerprint density at radius 2 is 2.62 bits per heavy atom. The van der Waals surface area contributed by atoms with Crippen LogP contribution in [0.2, 0.25) is 0 Å². The molecular formula is C9H12N2OS. The fourth-order valence-corrected chi connectivity index (χ4v) is 2.39. The lowest BCUT2D eigenvalue weighted by Gasteiger charge is -2.07. The molecule has 0 aliphatic carbocycles. The van der Waals surface area contributed by atoms with Crippen LogP contribution in [0.3, 0.4) is 0 Å². The van der Waals surface area contributed by atoms with Gasteiger partial charge >= 0.3 is 0 Å². The molecule has 1 unspecified atom stereocenters. The highest BCUT2D eigenvalue weighted by Gasteiger charge is 2.26. The summed E-state index contributed by atoms with van der Waals surface area (Å²) in [6.45, 7) is 2.93. The van der Waals surface area contributed by atoms with Crippen molar-refractivity contribution in [3.63, 3.8) is 0 Å². The second-order valence-corrected chi connectivity index (χ2v) is 4.17. The maximum Gasteiger partial charge on any atom is 0.147 e. The van der Waals surface area contributed by atoms with Crippen molar-refractivity contribution in [3.8, 4) is 0 Å². The van der Waals surface area contributed by atoms with E-state index >= 15 is 0 Å². The summed E-state index contributed by atoms with van der Waals surface area (Å²) >= 11 is 1.58. The first-order valence-corrected chi connectivity index (χ1v) is 5.16. The number of hydrogen-bond donors (Lipinski definition) is 1. The number of ether oxygens (including phenoxy) is 1. The molecule has 1 atom stereocenters. The van der Waals surface area contributed by atoms with Crippen LogP contribution in [0.25, 0.3) is 0 Å². The van der Waals surface area contributed by atoms with Gasteiger partial charge in [-0.15, -0.1) is 0 Å². The minimum Gasteiger partial charge on any atom is -0.490 e. The first-order chi connectivity index (χ1) is 6.31. The van der Waals surface area contributed by atoms with Crippen molar-refractivity contribution in [2.24, 2.45) is 16.6 Å². The Morgan fingerprint density at radius 1 is 1.77 bits per heavy atom. The predicted octanol–water partition coefficient (Wildman–Crippen LogP) is 1.83. The standard InChI is InChI=1S/C9H12N2OS/c1-2-6-5-12-7-3-11-4-8(10)13-9(6)7/h3-4,6H,2,5,10H2,1H3. The predicted molar refractivity (Wildman–Crippen MR) is 55.1 cm³/mol. The van der Waals surface area contributed by atoms with Gasteiger partial charge < -0.3 is 10.5 Å². The molecule has 4 heteroatoms. The van der Waals surface area contributed by atoms with Gasteiger partial charge in [-0.25, -0.2) is 0 Å². The van der Waals surface area contributed by atoms with Gasteiger partial charge in [0.15, 0.2) is 0 Å². The van der Waals surface area contributed by atoms with Crippen LogP contribution in [0, 0.1) is 5.92 Å². The Bertz CT molecular complexity index is 307. The zero-order valence-corrected chi connectivity index (χ0v) is 8.30. The van der Waals surface area contributed by atoms with Gasteiger partial charge in [0.05, 0.1) is 24.1 Å². The molecule has 0 aromatic rings. The third kappa shape index (κ3) is 1.58. The van der Waals surface area contributed by atoms with E-state index in [1.165, 1.54) is 4.91 Å². The molecule has 2 rings (SSSR count). The highest BCUT2D eigenvalue weighted by Crippen LogP contribution is 2.39. The number of rotatable bonds is 1. The SMILES string of the molecule is CCC1COC2=C1SC(N)=CN=C2. The largest absolute Gasteiger partial charge is 0.490 e. The summed E-state index contributed by atoms with van der Waals surface area (Å²) in [6, 6.07) is 0. The zero-order chi connectivity index (χ0) is 9.26. The highest BCUT2D eigenvalue weighted by molar-refractivity contribution is 8.06. The average Bonchev–Trinajstić information content (AvgIpc) is 2.39. The van der Waals surface area contributed by atoms with Crippen molar-refractivity contribution >= 4 is 18.0 Å². The van der Waals surface area contributed by atoms with E-state index in [2.05, 4.69) is 11.9 Å². The molecule has 3 nitrogen and oxygen atoms in total. The van der Waals surface area contributed by atoms with E-state index in [0.29, 0.717) is 5.92 Å². The molecule has 0 amide bonds. The van der Waals surface area contributed by atoms with Crippen LogP contribution >= 0.6 is 11.8 Å². The van der Waals surface area contributed by atoms with E-state index in [0.717, 1.165) is 23.8 Å². The monoisotopic (exact) mass is 196 g/mol. The van der Waals surface area contributed by atoms with Gasteiger partial charge in [-0.1, -0.05) is 18.7 Å². The molecule has 2 aliphatic heterocycles. The van der Waals surface area contributed by atoms with Crippen LogP contribution < -0.4 is 5.73 Å². The Labute approximate surface area is 81.7 Å². The lowest BCUT2D eigenvalue weighted by molar-refractivity contribution is 0.233. The van der Waals surface area contributed by atoms with E-state index < -0.39 is 0 Å². The molecule has 13 heavy (non-hydrogen) atoms. The zero-order valence-electron chi connectivity index (χ0n) is 7.49. The van der Waals surface area contributed by atoms with Crippen LogP contribution in [-0.2, 0) is 4.74 Å². The summed E-state index contributed by atoms with van der Waals surface area (Å²) in [6.07, 6.45) is 4.50. The minimum atomic E-state index is 0.497. The average molecular weight is 196 g/mol. The quantitative estimate of drug-likeness (QED) is 0.696. The van der Waals surface area contributed by atoms with Gasteiger partial charge in [-0.05, 0) is 6.42 Å². The maximum atomic E-state index is 5.73. The summed E-state index contributed by atoms with van der Waals surface area (Å²) in [7, 11) is 0. The topological polar surface area (TPSA) is 47.6 Å². The second-order valence-electron chi connectivity index (χ2n) is 3.06. The van der Waals surface area contributed by atoms with Gasteiger partial charge in [0.25, 0.3) is 0 Å². The Balaban J connectivity index is 2.28. The molecule has 70 valence electrons. The molecule has 2 heterocycles. The fourth-order valence-electron chi connectivity index (χ4n) is 1.41. The van der Waals surface area contributed by atoms with Gasteiger partial charge in [-0.3, -0.25) is 4.99 Å². The molecule has 0 aromatic heterocycles. The molecule has 0 bridgehead atoms. The number of nitrogens with two attached hydrogens (primary N) is 1. The third-order valence-corrected chi connectivity index (χ3v) is 3.26. The van der Waals surface area contributed by atoms with Crippen LogP contribution in [0.1, 0.15) is 13.3 Å². The van der Waals surface area contributed by atoms with E-state index in [1.54, 1.807) is 24.2 Å². The van der Waals surface area contributed by atoms with E-state index in [-0.39, 0.29) is 0 Å². The van der Waals surface area contributed by atoms with E-state index in [4.69, 9.17) is 10.5 Å². The fraction of sp³-hybridized carbons (Fsp3) is 0.444. The molecular weight excluding hydrogens is 184 g/mol. The number of aliphatic imine (C=N–C) groups is 1. The lowest BCUT2D eigenvalue weighted by atomic mass is 10.1. The summed E-state index contributed by atoms with van der Waals surface area (Å²) in [5.41, 5.74) is 5.73. The number of allylic oxidation sites excluding steroid dienone is 1. The van der Waals surface area contributed by atoms with Crippen molar-refractivity contribution < 1.29 is 4.74 Å². The summed E-state index contributed by atoms with van der Waals surface area (Å²) in [5.74, 6) is 1.39. The molecule has 0 radical (unpaired) electrons. The molecule has 2 N–H and O–H groups in total. The number of thioether (sulfide) groups is 1. The van der Waals surface area contributed by atoms with Crippen LogP contribution in [0.4, 0.5) is 0 Å². The third-order valence-electron chi connectivity index (χ3n) is 2.17. The summed E-state index contributed by atoms with van der Waals surface area (Å²) in [5, 5.41) is 0.741. The normalized spacial score (nSPS) is 26.5. The van der Waals surface area contributed by atoms with Crippen molar-refractivity contribution in [1.82, 2.24) is 0 Å². The Kier molecular flexibility index (Phi) is 2.31. The number of nitrogens with zero attached hydrogens (tertiary/aromatic N) is 1. The summed E-state index contributed by atoms with van der Waals surface area (Å²) < 4.78 is 5.51. The van der Waals surface area contributed by atoms with Crippen LogP contribution in [-0.4, -0.2) is 12.8 Å². The van der Waals surface area contributed by atoms with Crippen LogP contribution in [0.5, 0.6) is 0 Å². The smallest absolute Gasteiger partial charge is 0.147 e. The van der Waals surface area contributed by atoms with Gasteiger partial charge in [0.1, 0.15) is 5.76 Å². The number of hydrogen-bond acceptors (Lipinski definition) is 4. The second kappa shape index (κ2) is 3.46. The van der Waals surface area contributed by atoms with E-state index in [1.807, 2.05) is 0 Å². The Morgan fingerprint density at radius 3 is 3.38 bits per heavy atom. The van der Waals surface area contributed by atoms with Crippen LogP contribution in [0.15, 0.2) is 26.9 Å². The molecule has 0 spiro atoms. The van der Waals surface area contributed by atoms with Crippen molar-refractivity contribution in [2.75, 3.05) is 6.61 Å². The molecule has 0 fully saturated rings. The van der Waals surface area contributed by atoms with Gasteiger partial charge in [0.2, 0.25) is 0 Å². The molecule has 0 aromatic carbocycles. The minimum absolute atomic E-state index is 0.497. The van der Waals surface area contributed by atoms with Crippen molar-refractivity contribution in [2.45, 2.75) is 13.3 Å². The van der Waals surface area contributed by atoms with Crippen molar-refractivity contribution in [1.29, 1.82) is 0 Å². The van der Waals surface area contributed by atoms with Gasteiger partial charge in [0, 0.05) is 10.8 Å². The van der Waals surface area contributed by atoms with E-state index in [9.17, 15) is 0 Å². The molecule has 0 saturated carbocycles. The van der Waals surface area contributed by atoms with Gasteiger partial charge in [-0.2, -0.15) is 0 Å². The molecule has 0 saturated heterocycles. The molecule has 2 aliphatic rings. The first-order valence-electron chi connectivity index (χ1n) is 4.35. The lowest BCUT2D eigenvalue weighted by Crippen LogP contribution is -2.02. The van der Waals surface area contributed by atoms with Crippen molar-refractivity contribution in [3.05, 3.63) is 21.9 Å².